The van der Waals surface area contributed by atoms with Crippen molar-refractivity contribution in [2.24, 2.45) is 0 Å². The maximum Gasteiger partial charge on any atom is 0.338 e. The molecule has 1 aromatic carbocycles. The fourth-order valence-corrected chi connectivity index (χ4v) is 5.67. The zero-order chi connectivity index (χ0) is 20.6. The van der Waals surface area contributed by atoms with Gasteiger partial charge in [-0.15, -0.1) is 0 Å². The smallest absolute Gasteiger partial charge is 0.338 e. The zero-order valence-corrected chi connectivity index (χ0v) is 17.0. The molecule has 1 atom stereocenters. The molecule has 1 aliphatic heterocycles. The Morgan fingerprint density at radius 3 is 2.66 bits per heavy atom. The maximum absolute atomic E-state index is 13.1. The Morgan fingerprint density at radius 2 is 2.00 bits per heavy atom. The second kappa shape index (κ2) is 7.62. The number of hydrogen-bond donors (Lipinski definition) is 1. The zero-order valence-electron chi connectivity index (χ0n) is 16.2. The van der Waals surface area contributed by atoms with Crippen LogP contribution in [0.1, 0.15) is 57.9 Å². The van der Waals surface area contributed by atoms with E-state index in [4.69, 9.17) is 4.74 Å². The number of aromatic nitrogens is 2. The summed E-state index contributed by atoms with van der Waals surface area (Å²) in [6.45, 7) is 2.03. The third-order valence-corrected chi connectivity index (χ3v) is 7.11. The first kappa shape index (κ1) is 19.6. The molecule has 1 fully saturated rings. The van der Waals surface area contributed by atoms with Crippen LogP contribution in [-0.2, 0) is 27.4 Å². The first-order valence-corrected chi connectivity index (χ1v) is 11.6. The van der Waals surface area contributed by atoms with Crippen molar-refractivity contribution in [2.75, 3.05) is 23.4 Å². The molecule has 2 heterocycles. The van der Waals surface area contributed by atoms with E-state index in [1.54, 1.807) is 35.9 Å². The molecule has 1 saturated heterocycles. The average molecular weight is 417 g/mol. The lowest BCUT2D eigenvalue weighted by atomic mass is 10.1. The molecule has 1 aliphatic carbocycles. The van der Waals surface area contributed by atoms with Crippen molar-refractivity contribution in [3.8, 4) is 0 Å². The molecule has 2 aromatic rings. The molecule has 0 radical (unpaired) electrons. The van der Waals surface area contributed by atoms with Crippen LogP contribution in [0, 0.1) is 0 Å². The lowest BCUT2D eigenvalue weighted by Crippen LogP contribution is -2.23. The number of esters is 1. The number of carbonyl (C=O) groups excluding carboxylic acids is 2. The molecule has 9 heteroatoms. The number of hydrogen-bond acceptors (Lipinski definition) is 6. The van der Waals surface area contributed by atoms with Gasteiger partial charge in [0, 0.05) is 11.3 Å². The number of benzene rings is 1. The standard InChI is InChI=1S/C20H23N3O5S/c1-2-28-20(25)13-6-8-14(9-7-13)21-19(24)18-16-4-3-5-17(16)22-23(18)15-10-11-29(26,27)12-15/h6-9,15H,2-5,10-12H2,1H3,(H,21,24). The summed E-state index contributed by atoms with van der Waals surface area (Å²) in [7, 11) is -3.09. The number of nitrogens with zero attached hydrogens (tertiary/aromatic N) is 2. The molecule has 1 aromatic heterocycles. The van der Waals surface area contributed by atoms with Crippen molar-refractivity contribution in [1.82, 2.24) is 9.78 Å². The van der Waals surface area contributed by atoms with Gasteiger partial charge in [-0.05, 0) is 56.9 Å². The second-order valence-corrected chi connectivity index (χ2v) is 9.61. The van der Waals surface area contributed by atoms with Crippen LogP contribution >= 0.6 is 0 Å². The minimum absolute atomic E-state index is 0.0159. The van der Waals surface area contributed by atoms with Crippen molar-refractivity contribution in [2.45, 2.75) is 38.6 Å². The largest absolute Gasteiger partial charge is 0.462 e. The average Bonchev–Trinajstić information content (AvgIpc) is 3.35. The van der Waals surface area contributed by atoms with Gasteiger partial charge in [0.1, 0.15) is 5.69 Å². The number of rotatable bonds is 5. The lowest BCUT2D eigenvalue weighted by molar-refractivity contribution is 0.0526. The van der Waals surface area contributed by atoms with Crippen molar-refractivity contribution in [3.63, 3.8) is 0 Å². The Kier molecular flexibility index (Phi) is 5.16. The van der Waals surface area contributed by atoms with Crippen LogP contribution in [0.25, 0.3) is 0 Å². The third-order valence-electron chi connectivity index (χ3n) is 5.36. The number of amides is 1. The summed E-state index contributed by atoms with van der Waals surface area (Å²) >= 11 is 0. The second-order valence-electron chi connectivity index (χ2n) is 7.38. The Bertz CT molecular complexity index is 1060. The number of ether oxygens (including phenoxy) is 1. The van der Waals surface area contributed by atoms with Gasteiger partial charge in [0.05, 0.1) is 35.4 Å². The number of aryl methyl sites for hydroxylation is 1. The first-order chi connectivity index (χ1) is 13.9. The summed E-state index contributed by atoms with van der Waals surface area (Å²) in [5.41, 5.74) is 3.20. The molecular formula is C20H23N3O5S. The molecule has 1 amide bonds. The van der Waals surface area contributed by atoms with E-state index < -0.39 is 15.8 Å². The summed E-state index contributed by atoms with van der Waals surface area (Å²) < 4.78 is 30.4. The van der Waals surface area contributed by atoms with Gasteiger partial charge < -0.3 is 10.1 Å². The SMILES string of the molecule is CCOC(=O)c1ccc(NC(=O)c2c3c(nn2C2CCS(=O)(=O)C2)CCC3)cc1. The number of anilines is 1. The summed E-state index contributed by atoms with van der Waals surface area (Å²) in [5, 5.41) is 7.44. The topological polar surface area (TPSA) is 107 Å². The van der Waals surface area contributed by atoms with Crippen molar-refractivity contribution in [1.29, 1.82) is 0 Å². The highest BCUT2D eigenvalue weighted by Crippen LogP contribution is 2.31. The molecule has 0 spiro atoms. The molecule has 0 saturated carbocycles. The van der Waals surface area contributed by atoms with Crippen molar-refractivity contribution in [3.05, 3.63) is 46.8 Å². The molecule has 4 rings (SSSR count). The third kappa shape index (κ3) is 3.91. The predicted octanol–water partition coefficient (Wildman–Crippen LogP) is 2.16. The van der Waals surface area contributed by atoms with E-state index in [1.807, 2.05) is 0 Å². The highest BCUT2D eigenvalue weighted by Gasteiger charge is 2.35. The summed E-state index contributed by atoms with van der Waals surface area (Å²) in [6.07, 6.45) is 2.98. The van der Waals surface area contributed by atoms with Gasteiger partial charge in [-0.3, -0.25) is 9.48 Å². The molecule has 1 unspecified atom stereocenters. The Labute approximate surface area is 169 Å². The molecule has 1 N–H and O–H groups in total. The minimum atomic E-state index is -3.09. The van der Waals surface area contributed by atoms with Crippen LogP contribution in [0.5, 0.6) is 0 Å². The van der Waals surface area contributed by atoms with E-state index in [2.05, 4.69) is 10.4 Å². The van der Waals surface area contributed by atoms with Crippen LogP contribution in [-0.4, -0.2) is 48.2 Å². The number of sulfone groups is 1. The fourth-order valence-electron chi connectivity index (χ4n) is 3.98. The normalized spacial score (nSPS) is 19.7. The predicted molar refractivity (Wildman–Crippen MR) is 107 cm³/mol. The molecule has 0 bridgehead atoms. The van der Waals surface area contributed by atoms with E-state index >= 15 is 0 Å². The van der Waals surface area contributed by atoms with Crippen LogP contribution in [0.3, 0.4) is 0 Å². The summed E-state index contributed by atoms with van der Waals surface area (Å²) in [4.78, 5) is 24.8. The van der Waals surface area contributed by atoms with E-state index in [0.29, 0.717) is 30.0 Å². The molecule has 29 heavy (non-hydrogen) atoms. The van der Waals surface area contributed by atoms with Gasteiger partial charge in [-0.25, -0.2) is 13.2 Å². The van der Waals surface area contributed by atoms with E-state index in [9.17, 15) is 18.0 Å². The number of carbonyl (C=O) groups is 2. The Hall–Kier alpha value is -2.68. The maximum atomic E-state index is 13.1. The van der Waals surface area contributed by atoms with Gasteiger partial charge in [0.2, 0.25) is 0 Å². The van der Waals surface area contributed by atoms with Gasteiger partial charge in [0.15, 0.2) is 9.84 Å². The highest BCUT2D eigenvalue weighted by atomic mass is 32.2. The van der Waals surface area contributed by atoms with Crippen molar-refractivity contribution < 1.29 is 22.7 Å². The molecule has 2 aliphatic rings. The van der Waals surface area contributed by atoms with Gasteiger partial charge in [0.25, 0.3) is 5.91 Å². The molecular weight excluding hydrogens is 394 g/mol. The van der Waals surface area contributed by atoms with Gasteiger partial charge in [-0.2, -0.15) is 5.10 Å². The number of nitrogens with one attached hydrogen (secondary N) is 1. The minimum Gasteiger partial charge on any atom is -0.462 e. The summed E-state index contributed by atoms with van der Waals surface area (Å²) in [5.74, 6) is -0.585. The summed E-state index contributed by atoms with van der Waals surface area (Å²) in [6, 6.07) is 6.17. The van der Waals surface area contributed by atoms with Crippen LogP contribution < -0.4 is 5.32 Å². The first-order valence-electron chi connectivity index (χ1n) is 9.77. The van der Waals surface area contributed by atoms with E-state index in [1.165, 1.54) is 0 Å². The van der Waals surface area contributed by atoms with E-state index in [-0.39, 0.29) is 23.5 Å². The lowest BCUT2D eigenvalue weighted by Gasteiger charge is -2.15. The van der Waals surface area contributed by atoms with Crippen LogP contribution in [0.15, 0.2) is 24.3 Å². The van der Waals surface area contributed by atoms with E-state index in [0.717, 1.165) is 30.5 Å². The highest BCUT2D eigenvalue weighted by molar-refractivity contribution is 7.91. The number of fused-ring (bicyclic) bond motifs is 1. The monoisotopic (exact) mass is 417 g/mol. The molecule has 8 nitrogen and oxygen atoms in total. The quantitative estimate of drug-likeness (QED) is 0.747. The fraction of sp³-hybridized carbons (Fsp3) is 0.450. The Balaban J connectivity index is 1.58. The van der Waals surface area contributed by atoms with Gasteiger partial charge in [-0.1, -0.05) is 0 Å². The van der Waals surface area contributed by atoms with Crippen molar-refractivity contribution >= 4 is 27.4 Å². The van der Waals surface area contributed by atoms with Crippen LogP contribution in [0.2, 0.25) is 0 Å². The molecule has 154 valence electrons. The Morgan fingerprint density at radius 1 is 1.24 bits per heavy atom. The van der Waals surface area contributed by atoms with Gasteiger partial charge >= 0.3 is 5.97 Å². The van der Waals surface area contributed by atoms with Crippen LogP contribution in [0.4, 0.5) is 5.69 Å².